The molecule has 5 heteroatoms. The summed E-state index contributed by atoms with van der Waals surface area (Å²) in [5, 5.41) is 3.19. The molecule has 0 amide bonds. The maximum absolute atomic E-state index is 5.30. The fourth-order valence-electron chi connectivity index (χ4n) is 1.91. The fourth-order valence-corrected chi connectivity index (χ4v) is 2.80. The molecule has 1 saturated heterocycles. The molecule has 0 aliphatic carbocycles. The number of hydrogen-bond donors (Lipinski definition) is 2. The molecule has 1 fully saturated rings. The zero-order valence-corrected chi connectivity index (χ0v) is 9.18. The average molecular weight is 212 g/mol. The summed E-state index contributed by atoms with van der Waals surface area (Å²) in [5.74, 6) is 6.69. The van der Waals surface area contributed by atoms with Crippen LogP contribution in [-0.4, -0.2) is 30.0 Å². The maximum atomic E-state index is 5.30. The van der Waals surface area contributed by atoms with Gasteiger partial charge in [0.15, 0.2) is 5.82 Å². The van der Waals surface area contributed by atoms with Crippen LogP contribution in [-0.2, 0) is 0 Å². The van der Waals surface area contributed by atoms with Crippen LogP contribution in [0.25, 0.3) is 0 Å². The first-order valence-corrected chi connectivity index (χ1v) is 5.78. The molecule has 1 atom stereocenters. The van der Waals surface area contributed by atoms with Crippen molar-refractivity contribution in [3.63, 3.8) is 0 Å². The Morgan fingerprint density at radius 1 is 1.71 bits per heavy atom. The van der Waals surface area contributed by atoms with Gasteiger partial charge in [-0.3, -0.25) is 0 Å². The molecule has 1 aliphatic rings. The summed E-state index contributed by atoms with van der Waals surface area (Å²) in [6.07, 6.45) is 2.52. The van der Waals surface area contributed by atoms with E-state index in [2.05, 4.69) is 22.4 Å². The van der Waals surface area contributed by atoms with E-state index in [4.69, 9.17) is 5.84 Å². The van der Waals surface area contributed by atoms with Gasteiger partial charge in [-0.15, -0.1) is 11.3 Å². The molecular formula is C9H16N4S. The summed E-state index contributed by atoms with van der Waals surface area (Å²) in [4.78, 5) is 6.81. The van der Waals surface area contributed by atoms with Gasteiger partial charge in [-0.1, -0.05) is 0 Å². The van der Waals surface area contributed by atoms with E-state index < -0.39 is 0 Å². The van der Waals surface area contributed by atoms with Crippen LogP contribution in [0.5, 0.6) is 0 Å². The molecule has 2 rings (SSSR count). The second-order valence-corrected chi connectivity index (χ2v) is 4.71. The minimum absolute atomic E-state index is 0.598. The molecule has 0 saturated carbocycles. The van der Waals surface area contributed by atoms with E-state index in [-0.39, 0.29) is 0 Å². The molecule has 1 unspecified atom stereocenters. The predicted octanol–water partition coefficient (Wildman–Crippen LogP) is 1.24. The molecule has 4 nitrogen and oxygen atoms in total. The van der Waals surface area contributed by atoms with Gasteiger partial charge in [0.2, 0.25) is 0 Å². The second kappa shape index (κ2) is 4.25. The summed E-state index contributed by atoms with van der Waals surface area (Å²) in [6, 6.07) is 0. The first-order chi connectivity index (χ1) is 6.79. The lowest BCUT2D eigenvalue weighted by molar-refractivity contribution is 0.250. The zero-order valence-electron chi connectivity index (χ0n) is 8.36. The lowest BCUT2D eigenvalue weighted by atomic mass is 9.99. The summed E-state index contributed by atoms with van der Waals surface area (Å²) in [6.45, 7) is 2.33. The van der Waals surface area contributed by atoms with Crippen molar-refractivity contribution in [2.75, 3.05) is 25.6 Å². The van der Waals surface area contributed by atoms with E-state index in [0.717, 1.165) is 12.4 Å². The molecule has 0 radical (unpaired) electrons. The van der Waals surface area contributed by atoms with Gasteiger partial charge in [0.05, 0.1) is 5.01 Å². The summed E-state index contributed by atoms with van der Waals surface area (Å²) >= 11 is 1.70. The Bertz CT molecular complexity index is 299. The number of likely N-dealkylation sites (tertiary alicyclic amines) is 1. The monoisotopic (exact) mass is 212 g/mol. The highest BCUT2D eigenvalue weighted by Crippen LogP contribution is 2.29. The van der Waals surface area contributed by atoms with Gasteiger partial charge in [0.25, 0.3) is 0 Å². The molecule has 0 aromatic carbocycles. The van der Waals surface area contributed by atoms with E-state index >= 15 is 0 Å². The van der Waals surface area contributed by atoms with Crippen molar-refractivity contribution in [1.82, 2.24) is 9.88 Å². The van der Waals surface area contributed by atoms with Gasteiger partial charge >= 0.3 is 0 Å². The molecule has 14 heavy (non-hydrogen) atoms. The predicted molar refractivity (Wildman–Crippen MR) is 59.4 cm³/mol. The topological polar surface area (TPSA) is 54.2 Å². The summed E-state index contributed by atoms with van der Waals surface area (Å²) in [7, 11) is 2.17. The molecular weight excluding hydrogens is 196 g/mol. The van der Waals surface area contributed by atoms with Gasteiger partial charge in [-0.25, -0.2) is 10.8 Å². The third-order valence-corrected chi connectivity index (χ3v) is 3.65. The van der Waals surface area contributed by atoms with Gasteiger partial charge in [-0.05, 0) is 26.4 Å². The average Bonchev–Trinajstić information content (AvgIpc) is 2.66. The molecule has 2 heterocycles. The number of likely N-dealkylation sites (N-methyl/N-ethyl adjacent to an activating group) is 1. The minimum atomic E-state index is 0.598. The summed E-state index contributed by atoms with van der Waals surface area (Å²) in [5.41, 5.74) is 2.58. The highest BCUT2D eigenvalue weighted by Gasteiger charge is 2.21. The van der Waals surface area contributed by atoms with E-state index in [0.29, 0.717) is 5.92 Å². The standard InChI is InChI=1S/C9H16N4S/c1-13-4-2-3-7(5-13)9-11-8(12-10)6-14-9/h6-7,12H,2-5,10H2,1H3. The van der Waals surface area contributed by atoms with Crippen molar-refractivity contribution in [1.29, 1.82) is 0 Å². The number of anilines is 1. The Balaban J connectivity index is 2.06. The minimum Gasteiger partial charge on any atom is -0.308 e. The molecule has 1 aliphatic heterocycles. The Morgan fingerprint density at radius 3 is 3.21 bits per heavy atom. The van der Waals surface area contributed by atoms with Crippen LogP contribution >= 0.6 is 11.3 Å². The number of nitrogens with two attached hydrogens (primary N) is 1. The quantitative estimate of drug-likeness (QED) is 0.572. The van der Waals surface area contributed by atoms with Crippen molar-refractivity contribution in [2.24, 2.45) is 5.84 Å². The summed E-state index contributed by atoms with van der Waals surface area (Å²) < 4.78 is 0. The van der Waals surface area contributed by atoms with Gasteiger partial charge in [0.1, 0.15) is 0 Å². The number of nitrogens with one attached hydrogen (secondary N) is 1. The number of piperidine rings is 1. The van der Waals surface area contributed by atoms with E-state index in [1.807, 2.05) is 5.38 Å². The van der Waals surface area contributed by atoms with Crippen molar-refractivity contribution in [3.05, 3.63) is 10.4 Å². The van der Waals surface area contributed by atoms with Crippen LogP contribution in [0.1, 0.15) is 23.8 Å². The number of thiazole rings is 1. The second-order valence-electron chi connectivity index (χ2n) is 3.82. The van der Waals surface area contributed by atoms with E-state index in [1.165, 1.54) is 24.4 Å². The number of hydrazine groups is 1. The number of aromatic nitrogens is 1. The van der Waals surface area contributed by atoms with Crippen LogP contribution in [0.2, 0.25) is 0 Å². The van der Waals surface area contributed by atoms with Crippen LogP contribution in [0.4, 0.5) is 5.82 Å². The molecule has 78 valence electrons. The van der Waals surface area contributed by atoms with Crippen LogP contribution in [0, 0.1) is 0 Å². The lowest BCUT2D eigenvalue weighted by Crippen LogP contribution is -2.30. The van der Waals surface area contributed by atoms with Crippen LogP contribution in [0.3, 0.4) is 0 Å². The van der Waals surface area contributed by atoms with Gasteiger partial charge in [-0.2, -0.15) is 0 Å². The van der Waals surface area contributed by atoms with Gasteiger partial charge < -0.3 is 10.3 Å². The molecule has 0 spiro atoms. The van der Waals surface area contributed by atoms with Crippen LogP contribution in [0.15, 0.2) is 5.38 Å². The molecule has 3 N–H and O–H groups in total. The SMILES string of the molecule is CN1CCCC(c2nc(NN)cs2)C1. The van der Waals surface area contributed by atoms with Crippen LogP contribution < -0.4 is 11.3 Å². The zero-order chi connectivity index (χ0) is 9.97. The van der Waals surface area contributed by atoms with Crippen molar-refractivity contribution in [2.45, 2.75) is 18.8 Å². The number of nitrogens with zero attached hydrogens (tertiary/aromatic N) is 2. The molecule has 1 aromatic rings. The van der Waals surface area contributed by atoms with Gasteiger partial charge in [0, 0.05) is 17.8 Å². The lowest BCUT2D eigenvalue weighted by Gasteiger charge is -2.28. The van der Waals surface area contributed by atoms with Crippen molar-refractivity contribution < 1.29 is 0 Å². The normalized spacial score (nSPS) is 23.7. The highest BCUT2D eigenvalue weighted by molar-refractivity contribution is 7.10. The first kappa shape index (κ1) is 9.89. The van der Waals surface area contributed by atoms with Crippen molar-refractivity contribution in [3.8, 4) is 0 Å². The fraction of sp³-hybridized carbons (Fsp3) is 0.667. The highest BCUT2D eigenvalue weighted by atomic mass is 32.1. The Morgan fingerprint density at radius 2 is 2.57 bits per heavy atom. The Labute approximate surface area is 88.1 Å². The maximum Gasteiger partial charge on any atom is 0.151 e. The molecule has 0 bridgehead atoms. The number of nitrogen functional groups attached to an aromatic ring is 1. The first-order valence-electron chi connectivity index (χ1n) is 4.90. The van der Waals surface area contributed by atoms with E-state index in [9.17, 15) is 0 Å². The Hall–Kier alpha value is -0.650. The number of hydrogen-bond acceptors (Lipinski definition) is 5. The van der Waals surface area contributed by atoms with E-state index in [1.54, 1.807) is 11.3 Å². The number of rotatable bonds is 2. The van der Waals surface area contributed by atoms with Crippen molar-refractivity contribution >= 4 is 17.2 Å². The third-order valence-electron chi connectivity index (χ3n) is 2.64. The smallest absolute Gasteiger partial charge is 0.151 e. The third kappa shape index (κ3) is 2.05. The Kier molecular flexibility index (Phi) is 3.00. The molecule has 1 aromatic heterocycles. The largest absolute Gasteiger partial charge is 0.308 e.